The smallest absolute Gasteiger partial charge is 0.191 e. The van der Waals surface area contributed by atoms with E-state index in [4.69, 9.17) is 4.74 Å². The van der Waals surface area contributed by atoms with E-state index in [1.165, 1.54) is 6.07 Å². The Balaban J connectivity index is 0.00000192. The lowest BCUT2D eigenvalue weighted by Gasteiger charge is -2.35. The van der Waals surface area contributed by atoms with Crippen LogP contribution in [0.5, 0.6) is 0 Å². The predicted molar refractivity (Wildman–Crippen MR) is 99.9 cm³/mol. The van der Waals surface area contributed by atoms with Crippen LogP contribution in [0.3, 0.4) is 0 Å². The summed E-state index contributed by atoms with van der Waals surface area (Å²) in [5.74, 6) is 0.657. The van der Waals surface area contributed by atoms with Crippen molar-refractivity contribution in [3.8, 4) is 0 Å². The largest absolute Gasteiger partial charge is 0.379 e. The lowest BCUT2D eigenvalue weighted by molar-refractivity contribution is 0.0169. The molecule has 128 valence electrons. The van der Waals surface area contributed by atoms with Crippen LogP contribution in [-0.2, 0) is 4.74 Å². The van der Waals surface area contributed by atoms with Gasteiger partial charge in [-0.1, -0.05) is 12.1 Å². The molecule has 0 amide bonds. The van der Waals surface area contributed by atoms with Gasteiger partial charge in [-0.15, -0.1) is 24.0 Å². The fourth-order valence-electron chi connectivity index (χ4n) is 2.91. The number of hydrogen-bond donors (Lipinski definition) is 2. The first-order valence-electron chi connectivity index (χ1n) is 7.92. The molecule has 0 bridgehead atoms. The van der Waals surface area contributed by atoms with Crippen LogP contribution in [0.1, 0.15) is 18.0 Å². The number of hydrogen-bond acceptors (Lipinski definition) is 5. The van der Waals surface area contributed by atoms with E-state index in [1.54, 1.807) is 12.1 Å². The minimum absolute atomic E-state index is 0. The maximum atomic E-state index is 13.6. The molecule has 2 aliphatic heterocycles. The highest BCUT2D eigenvalue weighted by atomic mass is 127. The van der Waals surface area contributed by atoms with E-state index in [0.717, 1.165) is 57.3 Å². The molecule has 0 radical (unpaired) electrons. The summed E-state index contributed by atoms with van der Waals surface area (Å²) in [5, 5.41) is 6.63. The number of rotatable bonds is 4. The molecule has 2 aliphatic rings. The highest BCUT2D eigenvalue weighted by Gasteiger charge is 2.23. The molecular weight excluding hydrogens is 410 g/mol. The molecule has 5 nitrogen and oxygen atoms in total. The van der Waals surface area contributed by atoms with Crippen LogP contribution in [0.25, 0.3) is 0 Å². The summed E-state index contributed by atoms with van der Waals surface area (Å²) in [6, 6.07) is 6.99. The molecule has 2 heterocycles. The predicted octanol–water partition coefficient (Wildman–Crippen LogP) is 1.76. The summed E-state index contributed by atoms with van der Waals surface area (Å²) in [6.45, 7) is 5.70. The van der Waals surface area contributed by atoms with Gasteiger partial charge in [0.15, 0.2) is 5.96 Å². The number of guanidine groups is 1. The topological polar surface area (TPSA) is 48.9 Å². The van der Waals surface area contributed by atoms with Gasteiger partial charge in [0.2, 0.25) is 0 Å². The Hall–Kier alpha value is -0.930. The molecule has 23 heavy (non-hydrogen) atoms. The summed E-state index contributed by atoms with van der Waals surface area (Å²) in [5.41, 5.74) is 0.991. The van der Waals surface area contributed by atoms with Gasteiger partial charge in [0, 0.05) is 32.7 Å². The molecule has 2 N–H and O–H groups in total. The maximum Gasteiger partial charge on any atom is 0.191 e. The van der Waals surface area contributed by atoms with Crippen LogP contribution in [0.15, 0.2) is 29.3 Å². The monoisotopic (exact) mass is 434 g/mol. The Morgan fingerprint density at radius 3 is 2.87 bits per heavy atom. The van der Waals surface area contributed by atoms with E-state index < -0.39 is 0 Å². The fraction of sp³-hybridized carbons (Fsp3) is 0.562. The van der Waals surface area contributed by atoms with E-state index in [-0.39, 0.29) is 35.8 Å². The second-order valence-electron chi connectivity index (χ2n) is 5.61. The van der Waals surface area contributed by atoms with Crippen LogP contribution < -0.4 is 10.6 Å². The van der Waals surface area contributed by atoms with Crippen LogP contribution in [-0.4, -0.2) is 56.8 Å². The molecule has 0 aromatic heterocycles. The lowest BCUT2D eigenvalue weighted by Crippen LogP contribution is -2.47. The zero-order valence-corrected chi connectivity index (χ0v) is 15.5. The molecule has 0 aliphatic carbocycles. The second kappa shape index (κ2) is 9.39. The number of halogens is 2. The molecule has 3 rings (SSSR count). The highest BCUT2D eigenvalue weighted by molar-refractivity contribution is 14.0. The van der Waals surface area contributed by atoms with Crippen LogP contribution in [0, 0.1) is 5.82 Å². The average molecular weight is 434 g/mol. The summed E-state index contributed by atoms with van der Waals surface area (Å²) in [6.07, 6.45) is 1.07. The third-order valence-corrected chi connectivity index (χ3v) is 4.08. The average Bonchev–Trinajstić information content (AvgIpc) is 2.57. The zero-order chi connectivity index (χ0) is 15.2. The van der Waals surface area contributed by atoms with E-state index in [9.17, 15) is 4.39 Å². The van der Waals surface area contributed by atoms with Crippen molar-refractivity contribution >= 4 is 29.9 Å². The van der Waals surface area contributed by atoms with Crippen molar-refractivity contribution in [1.29, 1.82) is 0 Å². The molecule has 7 heteroatoms. The van der Waals surface area contributed by atoms with Crippen LogP contribution in [0.4, 0.5) is 4.39 Å². The summed E-state index contributed by atoms with van der Waals surface area (Å²) >= 11 is 0. The zero-order valence-electron chi connectivity index (χ0n) is 13.1. The van der Waals surface area contributed by atoms with E-state index >= 15 is 0 Å². The standard InChI is InChI=1S/C16H23FN4O.HI/c17-14-4-1-3-13(11-14)15(21-7-9-22-10-8-21)12-20-16-18-5-2-6-19-16;/h1,3-4,11,15H,2,5-10,12H2,(H2,18,19,20);1H. The molecular formula is C16H24FIN4O. The van der Waals surface area contributed by atoms with Crippen molar-refractivity contribution < 1.29 is 9.13 Å². The number of nitrogens with one attached hydrogen (secondary N) is 2. The first-order valence-corrected chi connectivity index (χ1v) is 7.92. The summed E-state index contributed by atoms with van der Waals surface area (Å²) in [4.78, 5) is 6.78. The molecule has 1 unspecified atom stereocenters. The first kappa shape index (κ1) is 18.4. The molecule has 0 spiro atoms. The Morgan fingerprint density at radius 2 is 2.17 bits per heavy atom. The van der Waals surface area contributed by atoms with Gasteiger partial charge in [-0.25, -0.2) is 4.39 Å². The first-order chi connectivity index (χ1) is 10.8. The van der Waals surface area contributed by atoms with Crippen molar-refractivity contribution in [2.75, 3.05) is 45.9 Å². The van der Waals surface area contributed by atoms with E-state index in [2.05, 4.69) is 20.5 Å². The SMILES string of the molecule is Fc1cccc(C(CNC2=NCCCN2)N2CCOCC2)c1.I. The van der Waals surface area contributed by atoms with E-state index in [0.29, 0.717) is 6.54 Å². The van der Waals surface area contributed by atoms with Crippen LogP contribution in [0.2, 0.25) is 0 Å². The molecule has 1 saturated heterocycles. The third-order valence-electron chi connectivity index (χ3n) is 4.08. The van der Waals surface area contributed by atoms with Crippen molar-refractivity contribution in [2.24, 2.45) is 4.99 Å². The second-order valence-corrected chi connectivity index (χ2v) is 5.61. The van der Waals surface area contributed by atoms with Crippen molar-refractivity contribution in [3.63, 3.8) is 0 Å². The van der Waals surface area contributed by atoms with Gasteiger partial charge in [0.1, 0.15) is 5.82 Å². The normalized spacial score (nSPS) is 20.0. The van der Waals surface area contributed by atoms with Crippen molar-refractivity contribution in [1.82, 2.24) is 15.5 Å². The molecule has 1 aromatic carbocycles. The van der Waals surface area contributed by atoms with Gasteiger partial charge in [-0.2, -0.15) is 0 Å². The summed E-state index contributed by atoms with van der Waals surface area (Å²) < 4.78 is 19.0. The third kappa shape index (κ3) is 5.29. The van der Waals surface area contributed by atoms with Gasteiger partial charge < -0.3 is 15.4 Å². The quantitative estimate of drug-likeness (QED) is 0.710. The molecule has 0 saturated carbocycles. The van der Waals surface area contributed by atoms with Gasteiger partial charge >= 0.3 is 0 Å². The highest BCUT2D eigenvalue weighted by Crippen LogP contribution is 2.22. The Bertz CT molecular complexity index is 523. The summed E-state index contributed by atoms with van der Waals surface area (Å²) in [7, 11) is 0. The Labute approximate surface area is 153 Å². The minimum atomic E-state index is -0.191. The number of benzene rings is 1. The minimum Gasteiger partial charge on any atom is -0.379 e. The lowest BCUT2D eigenvalue weighted by atomic mass is 10.0. The van der Waals surface area contributed by atoms with Gasteiger partial charge in [0.05, 0.1) is 19.3 Å². The van der Waals surface area contributed by atoms with Gasteiger partial charge in [-0.3, -0.25) is 9.89 Å². The number of ether oxygens (including phenoxy) is 1. The van der Waals surface area contributed by atoms with Crippen molar-refractivity contribution in [3.05, 3.63) is 35.6 Å². The molecule has 1 atom stereocenters. The van der Waals surface area contributed by atoms with Crippen LogP contribution >= 0.6 is 24.0 Å². The molecule has 1 aromatic rings. The van der Waals surface area contributed by atoms with E-state index in [1.807, 2.05) is 6.07 Å². The fourth-order valence-corrected chi connectivity index (χ4v) is 2.91. The molecule has 1 fully saturated rings. The number of aliphatic imine (C=N–C) groups is 1. The van der Waals surface area contributed by atoms with Gasteiger partial charge in [0.25, 0.3) is 0 Å². The van der Waals surface area contributed by atoms with Gasteiger partial charge in [-0.05, 0) is 24.1 Å². The Kier molecular flexibility index (Phi) is 7.51. The maximum absolute atomic E-state index is 13.6. The Morgan fingerprint density at radius 1 is 1.35 bits per heavy atom. The van der Waals surface area contributed by atoms with Crippen molar-refractivity contribution in [2.45, 2.75) is 12.5 Å². The number of morpholine rings is 1. The number of nitrogens with zero attached hydrogens (tertiary/aromatic N) is 2.